The van der Waals surface area contributed by atoms with Gasteiger partial charge in [-0.25, -0.2) is 0 Å². The Kier molecular flexibility index (Phi) is 5.18. The molecule has 1 N–H and O–H groups in total. The molecule has 1 saturated heterocycles. The first-order valence-electron chi connectivity index (χ1n) is 11.7. The maximum absolute atomic E-state index is 13.6. The lowest BCUT2D eigenvalue weighted by Crippen LogP contribution is -2.45. The number of nitrogens with zero attached hydrogens (tertiary/aromatic N) is 2. The Morgan fingerprint density at radius 2 is 1.88 bits per heavy atom. The van der Waals surface area contributed by atoms with Crippen molar-refractivity contribution in [2.24, 2.45) is 11.8 Å². The van der Waals surface area contributed by atoms with Gasteiger partial charge in [-0.05, 0) is 54.3 Å². The predicted octanol–water partition coefficient (Wildman–Crippen LogP) is 5.16. The van der Waals surface area contributed by atoms with Crippen molar-refractivity contribution < 1.29 is 9.59 Å². The van der Waals surface area contributed by atoms with E-state index in [1.807, 2.05) is 40.6 Å². The maximum Gasteiger partial charge on any atom is 0.255 e. The Hall–Kier alpha value is -3.51. The molecule has 1 aliphatic carbocycles. The lowest BCUT2D eigenvalue weighted by atomic mass is 10.1. The van der Waals surface area contributed by atoms with Crippen LogP contribution in [0.5, 0.6) is 0 Å². The number of aryl methyl sites for hydroxylation is 1. The molecule has 170 valence electrons. The summed E-state index contributed by atoms with van der Waals surface area (Å²) in [6.07, 6.45) is 2.84. The number of nitrogens with one attached hydrogen (secondary N) is 1. The van der Waals surface area contributed by atoms with Gasteiger partial charge in [0, 0.05) is 29.5 Å². The summed E-state index contributed by atoms with van der Waals surface area (Å²) in [6, 6.07) is 19.7. The van der Waals surface area contributed by atoms with E-state index in [0.29, 0.717) is 29.5 Å². The van der Waals surface area contributed by atoms with Crippen molar-refractivity contribution in [2.45, 2.75) is 19.4 Å². The number of fused-ring (bicyclic) bond motifs is 2. The molecule has 2 aliphatic rings. The van der Waals surface area contributed by atoms with E-state index in [4.69, 9.17) is 0 Å². The van der Waals surface area contributed by atoms with Crippen LogP contribution >= 0.6 is 11.3 Å². The van der Waals surface area contributed by atoms with Crippen molar-refractivity contribution in [1.29, 1.82) is 0 Å². The van der Waals surface area contributed by atoms with Crippen molar-refractivity contribution >= 4 is 34.1 Å². The first-order valence-corrected chi connectivity index (χ1v) is 12.6. The van der Waals surface area contributed by atoms with Gasteiger partial charge in [-0.3, -0.25) is 14.6 Å². The molecule has 0 bridgehead atoms. The quantitative estimate of drug-likeness (QED) is 0.441. The van der Waals surface area contributed by atoms with Gasteiger partial charge in [-0.15, -0.1) is 11.3 Å². The van der Waals surface area contributed by atoms with E-state index in [2.05, 4.69) is 41.5 Å². The number of benzene rings is 2. The van der Waals surface area contributed by atoms with Crippen LogP contribution in [0.1, 0.15) is 32.7 Å². The second-order valence-electron chi connectivity index (χ2n) is 9.30. The number of hydrogen-bond donors (Lipinski definition) is 1. The first kappa shape index (κ1) is 21.1. The Bertz CT molecular complexity index is 1390. The lowest BCUT2D eigenvalue weighted by Gasteiger charge is -2.28. The van der Waals surface area contributed by atoms with Gasteiger partial charge in [0.25, 0.3) is 11.8 Å². The highest BCUT2D eigenvalue weighted by molar-refractivity contribution is 7.14. The highest BCUT2D eigenvalue weighted by atomic mass is 32.1. The topological polar surface area (TPSA) is 62.3 Å². The van der Waals surface area contributed by atoms with Crippen molar-refractivity contribution in [3.05, 3.63) is 88.9 Å². The van der Waals surface area contributed by atoms with E-state index in [1.54, 1.807) is 23.6 Å². The van der Waals surface area contributed by atoms with Gasteiger partial charge in [0.15, 0.2) is 0 Å². The third-order valence-electron chi connectivity index (χ3n) is 7.12. The number of amides is 2. The Morgan fingerprint density at radius 3 is 2.74 bits per heavy atom. The number of likely N-dealkylation sites (tertiary alicyclic amines) is 1. The molecule has 6 heteroatoms. The van der Waals surface area contributed by atoms with Gasteiger partial charge < -0.3 is 10.2 Å². The predicted molar refractivity (Wildman–Crippen MR) is 135 cm³/mol. The molecule has 0 unspecified atom stereocenters. The highest BCUT2D eigenvalue weighted by Gasteiger charge is 2.54. The molecule has 3 heterocycles. The van der Waals surface area contributed by atoms with E-state index < -0.39 is 0 Å². The Labute approximate surface area is 202 Å². The number of carbonyl (C=O) groups is 2. The van der Waals surface area contributed by atoms with Gasteiger partial charge in [0.05, 0.1) is 22.7 Å². The summed E-state index contributed by atoms with van der Waals surface area (Å²) in [5.74, 6) is 0.940. The van der Waals surface area contributed by atoms with Gasteiger partial charge in [0.2, 0.25) is 0 Å². The van der Waals surface area contributed by atoms with Crippen LogP contribution < -0.4 is 5.32 Å². The second-order valence-corrected chi connectivity index (χ2v) is 10.2. The van der Waals surface area contributed by atoms with Gasteiger partial charge in [-0.1, -0.05) is 48.0 Å². The summed E-state index contributed by atoms with van der Waals surface area (Å²) in [5.41, 5.74) is 4.30. The Balaban J connectivity index is 1.21. The van der Waals surface area contributed by atoms with Crippen LogP contribution in [-0.2, 0) is 0 Å². The standard InChI is InChI=1S/C28H25N3O2S/c1-17-7-9-19(10-8-17)26-22(11-13-34-26)28(33)31-16-20-14-23(20)24(31)15-30-27(32)21-6-2-4-18-5-3-12-29-25(18)21/h2-13,20,23-24H,14-16H2,1H3,(H,30,32)/t20-,23-,24+/m0/s1. The number of aromatic nitrogens is 1. The largest absolute Gasteiger partial charge is 0.350 e. The normalized spacial score (nSPS) is 20.9. The molecule has 0 spiro atoms. The molecule has 2 fully saturated rings. The third-order valence-corrected chi connectivity index (χ3v) is 8.09. The van der Waals surface area contributed by atoms with Crippen molar-refractivity contribution in [3.8, 4) is 10.4 Å². The van der Waals surface area contributed by atoms with Crippen LogP contribution in [0.15, 0.2) is 72.2 Å². The van der Waals surface area contributed by atoms with Gasteiger partial charge in [-0.2, -0.15) is 0 Å². The zero-order chi connectivity index (χ0) is 23.2. The minimum atomic E-state index is -0.142. The molecule has 2 amide bonds. The summed E-state index contributed by atoms with van der Waals surface area (Å²) in [6.45, 7) is 3.29. The number of rotatable bonds is 5. The zero-order valence-electron chi connectivity index (χ0n) is 18.9. The number of pyridine rings is 1. The zero-order valence-corrected chi connectivity index (χ0v) is 19.7. The van der Waals surface area contributed by atoms with Crippen molar-refractivity contribution in [3.63, 3.8) is 0 Å². The maximum atomic E-state index is 13.6. The first-order chi connectivity index (χ1) is 16.6. The Morgan fingerprint density at radius 1 is 1.06 bits per heavy atom. The minimum absolute atomic E-state index is 0.0233. The third kappa shape index (κ3) is 3.68. The van der Waals surface area contributed by atoms with Gasteiger partial charge >= 0.3 is 0 Å². The summed E-state index contributed by atoms with van der Waals surface area (Å²) >= 11 is 1.60. The van der Waals surface area contributed by atoms with E-state index >= 15 is 0 Å². The smallest absolute Gasteiger partial charge is 0.255 e. The van der Waals surface area contributed by atoms with Crippen LogP contribution in [0.25, 0.3) is 21.3 Å². The SMILES string of the molecule is Cc1ccc(-c2sccc2C(=O)N2C[C@@H]3C[C@@H]3[C@H]2CNC(=O)c2cccc3cccnc23)cc1. The van der Waals surface area contributed by atoms with E-state index in [0.717, 1.165) is 34.4 Å². The molecule has 3 atom stereocenters. The molecule has 4 aromatic rings. The fourth-order valence-corrected chi connectivity index (χ4v) is 6.10. The molecule has 1 saturated carbocycles. The molecule has 5 nitrogen and oxygen atoms in total. The molecule has 1 aliphatic heterocycles. The minimum Gasteiger partial charge on any atom is -0.350 e. The monoisotopic (exact) mass is 467 g/mol. The number of para-hydroxylation sites is 1. The molecular formula is C28H25N3O2S. The van der Waals surface area contributed by atoms with Crippen LogP contribution in [-0.4, -0.2) is 40.8 Å². The second kappa shape index (κ2) is 8.37. The molecule has 2 aromatic heterocycles. The summed E-state index contributed by atoms with van der Waals surface area (Å²) in [7, 11) is 0. The molecule has 0 radical (unpaired) electrons. The number of hydrogen-bond acceptors (Lipinski definition) is 4. The molecule has 2 aromatic carbocycles. The van der Waals surface area contributed by atoms with Gasteiger partial charge in [0.1, 0.15) is 0 Å². The van der Waals surface area contributed by atoms with Crippen LogP contribution in [0.4, 0.5) is 0 Å². The summed E-state index contributed by atoms with van der Waals surface area (Å²) < 4.78 is 0. The van der Waals surface area contributed by atoms with E-state index in [9.17, 15) is 9.59 Å². The van der Waals surface area contributed by atoms with Crippen LogP contribution in [0.3, 0.4) is 0 Å². The van der Waals surface area contributed by atoms with Crippen LogP contribution in [0.2, 0.25) is 0 Å². The average Bonchev–Trinajstić information content (AvgIpc) is 3.29. The van der Waals surface area contributed by atoms with E-state index in [-0.39, 0.29) is 17.9 Å². The number of thiophene rings is 1. The van der Waals surface area contributed by atoms with E-state index in [1.165, 1.54) is 5.56 Å². The number of carbonyl (C=O) groups excluding carboxylic acids is 2. The fourth-order valence-electron chi connectivity index (χ4n) is 5.21. The summed E-state index contributed by atoms with van der Waals surface area (Å²) in [5, 5.41) is 6.03. The summed E-state index contributed by atoms with van der Waals surface area (Å²) in [4.78, 5) is 34.1. The molecule has 34 heavy (non-hydrogen) atoms. The van der Waals surface area contributed by atoms with Crippen LogP contribution in [0, 0.1) is 18.8 Å². The number of piperidine rings is 1. The highest BCUT2D eigenvalue weighted by Crippen LogP contribution is 2.50. The van der Waals surface area contributed by atoms with Crippen molar-refractivity contribution in [2.75, 3.05) is 13.1 Å². The molecular weight excluding hydrogens is 442 g/mol. The lowest BCUT2D eigenvalue weighted by molar-refractivity contribution is 0.0696. The molecule has 6 rings (SSSR count). The average molecular weight is 468 g/mol. The van der Waals surface area contributed by atoms with Crippen molar-refractivity contribution in [1.82, 2.24) is 15.2 Å². The fraction of sp³-hybridized carbons (Fsp3) is 0.250.